The van der Waals surface area contributed by atoms with Crippen molar-refractivity contribution in [3.63, 3.8) is 0 Å². The van der Waals surface area contributed by atoms with Crippen molar-refractivity contribution in [1.82, 2.24) is 0 Å². The van der Waals surface area contributed by atoms with Crippen LogP contribution >= 0.6 is 7.92 Å². The molecule has 0 nitrogen and oxygen atoms in total. The van der Waals surface area contributed by atoms with Gasteiger partial charge in [-0.05, 0) is 92.9 Å². The average molecular weight is 411 g/mol. The normalized spacial score (nSPS) is 12.3. The molecular formula is C28H43P. The van der Waals surface area contributed by atoms with Crippen LogP contribution < -0.4 is 10.6 Å². The SMILES string of the molecule is CCCCCCP(c1cccc(C)c1C)c1cccc(CCCC)c1CCCC. The van der Waals surface area contributed by atoms with Crippen molar-refractivity contribution in [3.8, 4) is 0 Å². The Labute approximate surface area is 182 Å². The summed E-state index contributed by atoms with van der Waals surface area (Å²) in [5.41, 5.74) is 6.30. The molecule has 0 aliphatic heterocycles. The fraction of sp³-hybridized carbons (Fsp3) is 0.571. The van der Waals surface area contributed by atoms with E-state index in [0.29, 0.717) is 0 Å². The third-order valence-corrected chi connectivity index (χ3v) is 9.05. The van der Waals surface area contributed by atoms with Crippen LogP contribution in [0.2, 0.25) is 0 Å². The van der Waals surface area contributed by atoms with E-state index < -0.39 is 0 Å². The lowest BCUT2D eigenvalue weighted by atomic mass is 9.98. The van der Waals surface area contributed by atoms with Crippen LogP contribution in [-0.2, 0) is 12.8 Å². The van der Waals surface area contributed by atoms with Gasteiger partial charge in [-0.3, -0.25) is 0 Å². The molecule has 1 heteroatoms. The lowest BCUT2D eigenvalue weighted by Gasteiger charge is -2.26. The van der Waals surface area contributed by atoms with Crippen LogP contribution in [0.5, 0.6) is 0 Å². The molecule has 0 aliphatic rings. The molecule has 0 amide bonds. The van der Waals surface area contributed by atoms with Gasteiger partial charge in [0.1, 0.15) is 0 Å². The first kappa shape index (κ1) is 24.1. The van der Waals surface area contributed by atoms with Gasteiger partial charge in [0, 0.05) is 0 Å². The van der Waals surface area contributed by atoms with E-state index >= 15 is 0 Å². The summed E-state index contributed by atoms with van der Waals surface area (Å²) in [7, 11) is -0.273. The van der Waals surface area contributed by atoms with E-state index in [1.54, 1.807) is 21.7 Å². The number of benzene rings is 2. The van der Waals surface area contributed by atoms with Gasteiger partial charge in [-0.25, -0.2) is 0 Å². The molecule has 0 radical (unpaired) electrons. The largest absolute Gasteiger partial charge is 0.0654 e. The third-order valence-electron chi connectivity index (χ3n) is 6.22. The third kappa shape index (κ3) is 6.96. The topological polar surface area (TPSA) is 0 Å². The summed E-state index contributed by atoms with van der Waals surface area (Å²) in [5, 5.41) is 3.31. The van der Waals surface area contributed by atoms with Gasteiger partial charge in [0.25, 0.3) is 0 Å². The Morgan fingerprint density at radius 2 is 1.31 bits per heavy atom. The van der Waals surface area contributed by atoms with Gasteiger partial charge < -0.3 is 0 Å². The molecule has 0 fully saturated rings. The second kappa shape index (κ2) is 13.2. The molecule has 1 atom stereocenters. The molecule has 0 bridgehead atoms. The Kier molecular flexibility index (Phi) is 11.0. The Balaban J connectivity index is 2.48. The highest BCUT2D eigenvalue weighted by molar-refractivity contribution is 7.73. The number of aryl methyl sites for hydroxylation is 2. The maximum absolute atomic E-state index is 2.48. The maximum Gasteiger partial charge on any atom is -0.0160 e. The number of unbranched alkanes of at least 4 members (excludes halogenated alkanes) is 5. The van der Waals surface area contributed by atoms with Gasteiger partial charge in [0.05, 0.1) is 0 Å². The van der Waals surface area contributed by atoms with Gasteiger partial charge in [-0.1, -0.05) is 89.3 Å². The zero-order chi connectivity index (χ0) is 21.1. The first-order valence-electron chi connectivity index (χ1n) is 12.1. The first-order valence-corrected chi connectivity index (χ1v) is 13.6. The lowest BCUT2D eigenvalue weighted by Crippen LogP contribution is -2.22. The van der Waals surface area contributed by atoms with Crippen molar-refractivity contribution in [2.45, 2.75) is 98.8 Å². The van der Waals surface area contributed by atoms with Crippen molar-refractivity contribution >= 4 is 18.5 Å². The molecular weight excluding hydrogens is 367 g/mol. The number of hydrogen-bond donors (Lipinski definition) is 0. The summed E-state index contributed by atoms with van der Waals surface area (Å²) in [4.78, 5) is 0. The van der Waals surface area contributed by atoms with Gasteiger partial charge >= 0.3 is 0 Å². The van der Waals surface area contributed by atoms with Gasteiger partial charge in [-0.2, -0.15) is 0 Å². The van der Waals surface area contributed by atoms with Crippen molar-refractivity contribution in [3.05, 3.63) is 58.7 Å². The minimum absolute atomic E-state index is 0.273. The molecule has 2 rings (SSSR count). The number of rotatable bonds is 13. The molecule has 0 aromatic heterocycles. The minimum atomic E-state index is -0.273. The van der Waals surface area contributed by atoms with Crippen molar-refractivity contribution < 1.29 is 0 Å². The fourth-order valence-electron chi connectivity index (χ4n) is 4.21. The highest BCUT2D eigenvalue weighted by Gasteiger charge is 2.20. The minimum Gasteiger partial charge on any atom is -0.0654 e. The van der Waals surface area contributed by atoms with Crippen LogP contribution in [0, 0.1) is 13.8 Å². The second-order valence-corrected chi connectivity index (χ2v) is 10.8. The van der Waals surface area contributed by atoms with E-state index in [4.69, 9.17) is 0 Å². The molecule has 2 aromatic carbocycles. The van der Waals surface area contributed by atoms with E-state index in [9.17, 15) is 0 Å². The zero-order valence-electron chi connectivity index (χ0n) is 19.7. The van der Waals surface area contributed by atoms with Gasteiger partial charge in [0.15, 0.2) is 0 Å². The standard InChI is InChI=1S/C28H43P/c1-6-9-12-13-22-29(27-20-14-16-23(4)24(27)5)28-21-15-18-25(17-10-7-2)26(28)19-11-8-3/h14-16,18,20-21H,6-13,17,19,22H2,1-5H3. The van der Waals surface area contributed by atoms with E-state index in [-0.39, 0.29) is 7.92 Å². The van der Waals surface area contributed by atoms with Crippen molar-refractivity contribution in [2.24, 2.45) is 0 Å². The van der Waals surface area contributed by atoms with Gasteiger partial charge in [0.2, 0.25) is 0 Å². The zero-order valence-corrected chi connectivity index (χ0v) is 20.6. The monoisotopic (exact) mass is 410 g/mol. The highest BCUT2D eigenvalue weighted by atomic mass is 31.1. The molecule has 0 heterocycles. The van der Waals surface area contributed by atoms with Crippen LogP contribution in [0.1, 0.15) is 94.4 Å². The summed E-state index contributed by atoms with van der Waals surface area (Å²) in [6.07, 6.45) is 14.4. The molecule has 0 aliphatic carbocycles. The lowest BCUT2D eigenvalue weighted by molar-refractivity contribution is 0.705. The predicted molar refractivity (Wildman–Crippen MR) is 135 cm³/mol. The summed E-state index contributed by atoms with van der Waals surface area (Å²) in [6.45, 7) is 11.6. The molecule has 0 spiro atoms. The van der Waals surface area contributed by atoms with E-state index in [1.165, 1.54) is 81.5 Å². The number of hydrogen-bond acceptors (Lipinski definition) is 0. The molecule has 0 saturated heterocycles. The van der Waals surface area contributed by atoms with Crippen LogP contribution in [0.4, 0.5) is 0 Å². The van der Waals surface area contributed by atoms with E-state index in [0.717, 1.165) is 0 Å². The van der Waals surface area contributed by atoms with Crippen LogP contribution in [-0.4, -0.2) is 6.16 Å². The highest BCUT2D eigenvalue weighted by Crippen LogP contribution is 2.39. The van der Waals surface area contributed by atoms with Crippen molar-refractivity contribution in [1.29, 1.82) is 0 Å². The van der Waals surface area contributed by atoms with E-state index in [1.807, 2.05) is 0 Å². The Hall–Kier alpha value is -1.13. The van der Waals surface area contributed by atoms with E-state index in [2.05, 4.69) is 71.0 Å². The quantitative estimate of drug-likeness (QED) is 0.232. The first-order chi connectivity index (χ1) is 14.1. The molecule has 160 valence electrons. The Bertz CT molecular complexity index is 731. The van der Waals surface area contributed by atoms with Crippen LogP contribution in [0.3, 0.4) is 0 Å². The van der Waals surface area contributed by atoms with Crippen LogP contribution in [0.25, 0.3) is 0 Å². The smallest absolute Gasteiger partial charge is 0.0160 e. The average Bonchev–Trinajstić information content (AvgIpc) is 2.73. The molecule has 0 saturated carbocycles. The Morgan fingerprint density at radius 1 is 0.655 bits per heavy atom. The Morgan fingerprint density at radius 3 is 2.03 bits per heavy atom. The molecule has 0 N–H and O–H groups in total. The van der Waals surface area contributed by atoms with Gasteiger partial charge in [-0.15, -0.1) is 0 Å². The van der Waals surface area contributed by atoms with Crippen LogP contribution in [0.15, 0.2) is 36.4 Å². The second-order valence-electron chi connectivity index (χ2n) is 8.55. The predicted octanol–water partition coefficient (Wildman–Crippen LogP) is 8.00. The molecule has 1 unspecified atom stereocenters. The summed E-state index contributed by atoms with van der Waals surface area (Å²) < 4.78 is 0. The maximum atomic E-state index is 2.48. The summed E-state index contributed by atoms with van der Waals surface area (Å²) in [6, 6.07) is 14.2. The summed E-state index contributed by atoms with van der Waals surface area (Å²) >= 11 is 0. The van der Waals surface area contributed by atoms with Crippen molar-refractivity contribution in [2.75, 3.05) is 6.16 Å². The fourth-order valence-corrected chi connectivity index (χ4v) is 7.19. The molecule has 29 heavy (non-hydrogen) atoms. The molecule has 2 aromatic rings. The summed E-state index contributed by atoms with van der Waals surface area (Å²) in [5.74, 6) is 0.